The van der Waals surface area contributed by atoms with Crippen molar-refractivity contribution >= 4 is 17.1 Å². The third-order valence-electron chi connectivity index (χ3n) is 4.10. The van der Waals surface area contributed by atoms with E-state index in [9.17, 15) is 14.4 Å². The molecule has 1 fully saturated rings. The van der Waals surface area contributed by atoms with Gasteiger partial charge in [-0.2, -0.15) is 5.26 Å². The van der Waals surface area contributed by atoms with Crippen LogP contribution >= 0.6 is 0 Å². The van der Waals surface area contributed by atoms with Gasteiger partial charge in [0.15, 0.2) is 0 Å². The molecule has 0 saturated carbocycles. The predicted octanol–water partition coefficient (Wildman–Crippen LogP) is 2.70. The molecule has 7 nitrogen and oxygen atoms in total. The van der Waals surface area contributed by atoms with Crippen molar-refractivity contribution in [3.8, 4) is 6.07 Å². The first kappa shape index (κ1) is 17.1. The Bertz CT molecular complexity index is 849. The quantitative estimate of drug-likeness (QED) is 0.835. The number of likely N-dealkylation sites (tertiary alicyclic amines) is 1. The molecule has 0 aliphatic carbocycles. The summed E-state index contributed by atoms with van der Waals surface area (Å²) in [4.78, 5) is 13.8. The third kappa shape index (κ3) is 3.55. The Morgan fingerprint density at radius 3 is 2.92 bits per heavy atom. The van der Waals surface area contributed by atoms with Crippen LogP contribution in [0.2, 0.25) is 0 Å². The first-order valence-corrected chi connectivity index (χ1v) is 8.18. The van der Waals surface area contributed by atoms with Crippen LogP contribution in [0.25, 0.3) is 11.0 Å². The average Bonchev–Trinajstić information content (AvgIpc) is 3.14. The van der Waals surface area contributed by atoms with Crippen LogP contribution in [0.1, 0.15) is 32.8 Å². The number of nitriles is 1. The summed E-state index contributed by atoms with van der Waals surface area (Å²) in [6.07, 6.45) is 0.458. The van der Waals surface area contributed by atoms with E-state index in [-0.39, 0.29) is 17.6 Å². The Hall–Kier alpha value is -2.69. The van der Waals surface area contributed by atoms with Crippen LogP contribution in [0.5, 0.6) is 0 Å². The summed E-state index contributed by atoms with van der Waals surface area (Å²) in [7, 11) is 0. The lowest BCUT2D eigenvalue weighted by atomic mass is 10.1. The fourth-order valence-corrected chi connectivity index (χ4v) is 3.00. The molecule has 25 heavy (non-hydrogen) atoms. The summed E-state index contributed by atoms with van der Waals surface area (Å²) in [5.41, 5.74) is 0.305. The maximum absolute atomic E-state index is 13.9. The van der Waals surface area contributed by atoms with Gasteiger partial charge in [-0.05, 0) is 45.2 Å². The van der Waals surface area contributed by atoms with Gasteiger partial charge in [0.2, 0.25) is 0 Å². The molecule has 1 aliphatic heterocycles. The molecule has 0 spiro atoms. The molecular formula is C17H20FN5O2. The molecule has 1 aliphatic rings. The summed E-state index contributed by atoms with van der Waals surface area (Å²) in [5, 5.41) is 17.3. The summed E-state index contributed by atoms with van der Waals surface area (Å²) in [6, 6.07) is 4.61. The van der Waals surface area contributed by atoms with E-state index in [4.69, 9.17) is 4.74 Å². The van der Waals surface area contributed by atoms with E-state index in [0.717, 1.165) is 6.42 Å². The highest BCUT2D eigenvalue weighted by Crippen LogP contribution is 2.24. The van der Waals surface area contributed by atoms with E-state index < -0.39 is 11.4 Å². The number of benzene rings is 1. The number of nitrogens with zero attached hydrogens (tertiary/aromatic N) is 5. The Kier molecular flexibility index (Phi) is 4.33. The number of fused-ring (bicyclic) bond motifs is 1. The molecule has 1 aromatic carbocycles. The van der Waals surface area contributed by atoms with Crippen molar-refractivity contribution in [3.05, 3.63) is 23.5 Å². The summed E-state index contributed by atoms with van der Waals surface area (Å²) in [5.74, 6) is -0.437. The van der Waals surface area contributed by atoms with E-state index in [1.54, 1.807) is 9.58 Å². The molecule has 3 rings (SSSR count). The lowest BCUT2D eigenvalue weighted by Gasteiger charge is -2.24. The van der Waals surface area contributed by atoms with Crippen LogP contribution in [-0.2, 0) is 11.3 Å². The largest absolute Gasteiger partial charge is 0.444 e. The normalized spacial score (nSPS) is 17.7. The second-order valence-electron chi connectivity index (χ2n) is 7.25. The van der Waals surface area contributed by atoms with Crippen LogP contribution in [0, 0.1) is 23.1 Å². The Morgan fingerprint density at radius 1 is 1.48 bits per heavy atom. The number of ether oxygens (including phenoxy) is 1. The van der Waals surface area contributed by atoms with Gasteiger partial charge in [0.1, 0.15) is 34.1 Å². The van der Waals surface area contributed by atoms with Crippen LogP contribution in [0.4, 0.5) is 9.18 Å². The minimum Gasteiger partial charge on any atom is -0.444 e. The van der Waals surface area contributed by atoms with Crippen LogP contribution in [0.3, 0.4) is 0 Å². The van der Waals surface area contributed by atoms with Gasteiger partial charge in [-0.15, -0.1) is 5.10 Å². The minimum absolute atomic E-state index is 0.0514. The SMILES string of the molecule is CC(C)(C)OC(=O)N1CCC(Cn2nnc3ccc(F)c(C#N)c32)C1. The Balaban J connectivity index is 1.75. The second-order valence-corrected chi connectivity index (χ2v) is 7.25. The molecule has 1 saturated heterocycles. The zero-order valence-electron chi connectivity index (χ0n) is 14.5. The van der Waals surface area contributed by atoms with Crippen molar-refractivity contribution in [2.75, 3.05) is 13.1 Å². The molecule has 1 amide bonds. The van der Waals surface area contributed by atoms with Gasteiger partial charge in [0.05, 0.1) is 0 Å². The first-order valence-electron chi connectivity index (χ1n) is 8.18. The Morgan fingerprint density at radius 2 is 2.24 bits per heavy atom. The van der Waals surface area contributed by atoms with Crippen LogP contribution in [-0.4, -0.2) is 44.7 Å². The second kappa shape index (κ2) is 6.31. The summed E-state index contributed by atoms with van der Waals surface area (Å²) in [6.45, 7) is 7.10. The molecule has 0 N–H and O–H groups in total. The highest BCUT2D eigenvalue weighted by atomic mass is 19.1. The molecule has 0 bridgehead atoms. The van der Waals surface area contributed by atoms with Crippen molar-refractivity contribution in [3.63, 3.8) is 0 Å². The molecule has 1 aromatic heterocycles. The molecule has 0 radical (unpaired) electrons. The number of carbonyl (C=O) groups is 1. The van der Waals surface area contributed by atoms with Gasteiger partial charge in [0, 0.05) is 19.6 Å². The molecule has 132 valence electrons. The molecule has 1 unspecified atom stereocenters. The number of rotatable bonds is 2. The van der Waals surface area contributed by atoms with Crippen molar-refractivity contribution in [2.24, 2.45) is 5.92 Å². The first-order chi connectivity index (χ1) is 11.8. The predicted molar refractivity (Wildman–Crippen MR) is 88.1 cm³/mol. The maximum atomic E-state index is 13.9. The highest BCUT2D eigenvalue weighted by molar-refractivity contribution is 5.81. The van der Waals surface area contributed by atoms with Gasteiger partial charge in [-0.1, -0.05) is 5.21 Å². The number of aromatic nitrogens is 3. The van der Waals surface area contributed by atoms with Crippen LogP contribution in [0.15, 0.2) is 12.1 Å². The van der Waals surface area contributed by atoms with E-state index in [0.29, 0.717) is 30.7 Å². The van der Waals surface area contributed by atoms with Gasteiger partial charge >= 0.3 is 6.09 Å². The van der Waals surface area contributed by atoms with Crippen molar-refractivity contribution < 1.29 is 13.9 Å². The van der Waals surface area contributed by atoms with Crippen molar-refractivity contribution in [2.45, 2.75) is 39.3 Å². The monoisotopic (exact) mass is 345 g/mol. The zero-order chi connectivity index (χ0) is 18.2. The van der Waals surface area contributed by atoms with Crippen molar-refractivity contribution in [1.29, 1.82) is 5.26 Å². The standard InChI is InChI=1S/C17H20FN5O2/c1-17(2,3)25-16(24)22-7-6-11(9-22)10-23-15-12(8-19)13(18)4-5-14(15)20-21-23/h4-5,11H,6-7,9-10H2,1-3H3. The fourth-order valence-electron chi connectivity index (χ4n) is 3.00. The Labute approximate surface area is 145 Å². The smallest absolute Gasteiger partial charge is 0.410 e. The van der Waals surface area contributed by atoms with Gasteiger partial charge < -0.3 is 9.64 Å². The summed E-state index contributed by atoms with van der Waals surface area (Å²) >= 11 is 0. The topological polar surface area (TPSA) is 84.0 Å². The molecule has 1 atom stereocenters. The molecule has 2 heterocycles. The van der Waals surface area contributed by atoms with Gasteiger partial charge in [-0.3, -0.25) is 0 Å². The van der Waals surface area contributed by atoms with Crippen LogP contribution < -0.4 is 0 Å². The van der Waals surface area contributed by atoms with E-state index >= 15 is 0 Å². The number of carbonyl (C=O) groups excluding carboxylic acids is 1. The van der Waals surface area contributed by atoms with E-state index in [1.807, 2.05) is 26.8 Å². The number of hydrogen-bond donors (Lipinski definition) is 0. The fraction of sp³-hybridized carbons (Fsp3) is 0.529. The molecular weight excluding hydrogens is 325 g/mol. The lowest BCUT2D eigenvalue weighted by molar-refractivity contribution is 0.0287. The van der Waals surface area contributed by atoms with Gasteiger partial charge in [-0.25, -0.2) is 13.9 Å². The highest BCUT2D eigenvalue weighted by Gasteiger charge is 2.30. The third-order valence-corrected chi connectivity index (χ3v) is 4.10. The van der Waals surface area contributed by atoms with Crippen molar-refractivity contribution in [1.82, 2.24) is 19.9 Å². The molecule has 2 aromatic rings. The van der Waals surface area contributed by atoms with Gasteiger partial charge in [0.25, 0.3) is 0 Å². The lowest BCUT2D eigenvalue weighted by Crippen LogP contribution is -2.35. The number of halogens is 1. The average molecular weight is 345 g/mol. The number of hydrogen-bond acceptors (Lipinski definition) is 5. The van der Waals surface area contributed by atoms with E-state index in [2.05, 4.69) is 10.3 Å². The zero-order valence-corrected chi connectivity index (χ0v) is 14.5. The minimum atomic E-state index is -0.583. The molecule has 8 heteroatoms. The summed E-state index contributed by atoms with van der Waals surface area (Å²) < 4.78 is 20.8. The maximum Gasteiger partial charge on any atom is 0.410 e. The number of amides is 1. The van der Waals surface area contributed by atoms with E-state index in [1.165, 1.54) is 12.1 Å².